The first-order valence-electron chi connectivity index (χ1n) is 4.57. The van der Waals surface area contributed by atoms with Gasteiger partial charge in [-0.25, -0.2) is 0 Å². The fraction of sp³-hybridized carbons (Fsp3) is 0.400. The second-order valence-electron chi connectivity index (χ2n) is 3.40. The molecule has 2 nitrogen and oxygen atoms in total. The van der Waals surface area contributed by atoms with Gasteiger partial charge >= 0.3 is 0 Å². The first-order valence-corrected chi connectivity index (χ1v) is 4.95. The van der Waals surface area contributed by atoms with Crippen molar-refractivity contribution in [2.45, 2.75) is 12.8 Å². The van der Waals surface area contributed by atoms with E-state index in [1.165, 1.54) is 12.8 Å². The summed E-state index contributed by atoms with van der Waals surface area (Å²) in [5.74, 6) is 0. The molecule has 2 rings (SSSR count). The van der Waals surface area contributed by atoms with Crippen LogP contribution in [0.1, 0.15) is 12.8 Å². The molecule has 0 unspecified atom stereocenters. The summed E-state index contributed by atoms with van der Waals surface area (Å²) in [4.78, 5) is 2.31. The summed E-state index contributed by atoms with van der Waals surface area (Å²) >= 11 is 5.83. The maximum atomic E-state index is 5.88. The summed E-state index contributed by atoms with van der Waals surface area (Å²) in [6.07, 6.45) is 2.53. The lowest BCUT2D eigenvalue weighted by atomic mass is 10.2. The number of benzene rings is 1. The molecule has 1 heterocycles. The minimum absolute atomic E-state index is 0. The first-order chi connectivity index (χ1) is 6.27. The Morgan fingerprint density at radius 3 is 2.27 bits per heavy atom. The van der Waals surface area contributed by atoms with Crippen molar-refractivity contribution in [3.63, 3.8) is 0 Å². The third kappa shape index (κ3) is 3.33. The summed E-state index contributed by atoms with van der Waals surface area (Å²) in [5.41, 5.74) is 7.79. The van der Waals surface area contributed by atoms with Gasteiger partial charge < -0.3 is 10.6 Å². The lowest BCUT2D eigenvalue weighted by Gasteiger charge is -2.19. The smallest absolute Gasteiger partial charge is 0.0600 e. The quantitative estimate of drug-likeness (QED) is 0.792. The first kappa shape index (κ1) is 14.7. The van der Waals surface area contributed by atoms with E-state index in [9.17, 15) is 0 Å². The van der Waals surface area contributed by atoms with Gasteiger partial charge in [-0.2, -0.15) is 0 Å². The van der Waals surface area contributed by atoms with Gasteiger partial charge in [0, 0.05) is 18.1 Å². The van der Waals surface area contributed by atoms with Crippen LogP contribution in [0.15, 0.2) is 18.2 Å². The van der Waals surface area contributed by atoms with Crippen molar-refractivity contribution in [1.29, 1.82) is 0 Å². The van der Waals surface area contributed by atoms with E-state index >= 15 is 0 Å². The molecule has 1 aliphatic heterocycles. The van der Waals surface area contributed by atoms with Crippen LogP contribution in [-0.2, 0) is 0 Å². The molecule has 0 saturated carbocycles. The van der Waals surface area contributed by atoms with Gasteiger partial charge in [-0.3, -0.25) is 0 Å². The van der Waals surface area contributed by atoms with Crippen molar-refractivity contribution in [2.24, 2.45) is 0 Å². The van der Waals surface area contributed by atoms with E-state index in [2.05, 4.69) is 4.90 Å². The maximum absolute atomic E-state index is 5.88. The number of hydrogen-bond acceptors (Lipinski definition) is 2. The normalized spacial score (nSPS) is 14.3. The van der Waals surface area contributed by atoms with Crippen LogP contribution < -0.4 is 10.6 Å². The molecule has 15 heavy (non-hydrogen) atoms. The molecule has 1 aliphatic rings. The van der Waals surface area contributed by atoms with E-state index in [1.54, 1.807) is 0 Å². The molecular weight excluding hydrogens is 254 g/mol. The zero-order valence-electron chi connectivity index (χ0n) is 8.28. The molecule has 1 aromatic carbocycles. The Labute approximate surface area is 108 Å². The molecular formula is C10H15Cl3N2. The lowest BCUT2D eigenvalue weighted by Crippen LogP contribution is -2.18. The summed E-state index contributed by atoms with van der Waals surface area (Å²) < 4.78 is 0. The number of hydrogen-bond donors (Lipinski definition) is 1. The molecule has 0 spiro atoms. The molecule has 1 saturated heterocycles. The molecule has 1 aromatic rings. The van der Waals surface area contributed by atoms with Crippen LogP contribution in [0.25, 0.3) is 0 Å². The lowest BCUT2D eigenvalue weighted by molar-refractivity contribution is 0.949. The Balaban J connectivity index is 0.000000980. The summed E-state index contributed by atoms with van der Waals surface area (Å²) in [6, 6.07) is 5.71. The average Bonchev–Trinajstić information content (AvgIpc) is 2.56. The van der Waals surface area contributed by atoms with Crippen LogP contribution in [0.2, 0.25) is 5.02 Å². The molecule has 0 radical (unpaired) electrons. The monoisotopic (exact) mass is 268 g/mol. The van der Waals surface area contributed by atoms with Gasteiger partial charge in [0.25, 0.3) is 0 Å². The van der Waals surface area contributed by atoms with E-state index in [1.807, 2.05) is 18.2 Å². The topological polar surface area (TPSA) is 29.3 Å². The molecule has 5 heteroatoms. The zero-order valence-corrected chi connectivity index (χ0v) is 10.7. The highest BCUT2D eigenvalue weighted by Gasteiger charge is 2.14. The third-order valence-electron chi connectivity index (χ3n) is 2.44. The fourth-order valence-electron chi connectivity index (χ4n) is 1.77. The van der Waals surface area contributed by atoms with E-state index in [4.69, 9.17) is 17.3 Å². The van der Waals surface area contributed by atoms with Gasteiger partial charge in [-0.1, -0.05) is 11.6 Å². The minimum atomic E-state index is 0. The number of nitrogens with two attached hydrogens (primary N) is 1. The van der Waals surface area contributed by atoms with Crippen molar-refractivity contribution in [1.82, 2.24) is 0 Å². The largest absolute Gasteiger partial charge is 0.397 e. The van der Waals surface area contributed by atoms with Crippen LogP contribution in [0.4, 0.5) is 11.4 Å². The van der Waals surface area contributed by atoms with Crippen LogP contribution in [-0.4, -0.2) is 13.1 Å². The Hall–Kier alpha value is -0.310. The second-order valence-corrected chi connectivity index (χ2v) is 3.83. The second kappa shape index (κ2) is 6.31. The summed E-state index contributed by atoms with van der Waals surface area (Å²) in [7, 11) is 0. The van der Waals surface area contributed by atoms with Crippen LogP contribution in [0, 0.1) is 0 Å². The van der Waals surface area contributed by atoms with Crippen molar-refractivity contribution in [2.75, 3.05) is 23.7 Å². The van der Waals surface area contributed by atoms with E-state index in [-0.39, 0.29) is 24.8 Å². The molecule has 0 aliphatic carbocycles. The Kier molecular flexibility index (Phi) is 6.18. The standard InChI is InChI=1S/C10H13ClN2.2ClH/c11-8-3-4-10(9(12)7-8)13-5-1-2-6-13;;/h3-4,7H,1-2,5-6,12H2;2*1H. The molecule has 2 N–H and O–H groups in total. The molecule has 0 bridgehead atoms. The third-order valence-corrected chi connectivity index (χ3v) is 2.67. The summed E-state index contributed by atoms with van der Waals surface area (Å²) in [5, 5.41) is 0.709. The molecule has 1 fully saturated rings. The van der Waals surface area contributed by atoms with Crippen molar-refractivity contribution in [3.05, 3.63) is 23.2 Å². The Bertz CT molecular complexity index is 312. The predicted octanol–water partition coefficient (Wildman–Crippen LogP) is 3.37. The van der Waals surface area contributed by atoms with Crippen molar-refractivity contribution < 1.29 is 0 Å². The van der Waals surface area contributed by atoms with Gasteiger partial charge in [0.05, 0.1) is 11.4 Å². The van der Waals surface area contributed by atoms with Gasteiger partial charge in [-0.15, -0.1) is 24.8 Å². The van der Waals surface area contributed by atoms with Gasteiger partial charge in [0.2, 0.25) is 0 Å². The molecule has 0 atom stereocenters. The van der Waals surface area contributed by atoms with Crippen LogP contribution in [0.3, 0.4) is 0 Å². The van der Waals surface area contributed by atoms with E-state index in [0.717, 1.165) is 24.5 Å². The van der Waals surface area contributed by atoms with Crippen LogP contribution in [0.5, 0.6) is 0 Å². The average molecular weight is 270 g/mol. The molecule has 86 valence electrons. The number of anilines is 2. The van der Waals surface area contributed by atoms with Crippen molar-refractivity contribution in [3.8, 4) is 0 Å². The number of halogens is 3. The van der Waals surface area contributed by atoms with Gasteiger partial charge in [0.1, 0.15) is 0 Å². The zero-order chi connectivity index (χ0) is 9.26. The summed E-state index contributed by atoms with van der Waals surface area (Å²) in [6.45, 7) is 2.23. The molecule has 0 aromatic heterocycles. The highest BCUT2D eigenvalue weighted by molar-refractivity contribution is 6.31. The number of nitrogen functional groups attached to an aromatic ring is 1. The highest BCUT2D eigenvalue weighted by Crippen LogP contribution is 2.28. The van der Waals surface area contributed by atoms with E-state index in [0.29, 0.717) is 5.02 Å². The molecule has 0 amide bonds. The van der Waals surface area contributed by atoms with Gasteiger partial charge in [-0.05, 0) is 31.0 Å². The predicted molar refractivity (Wildman–Crippen MR) is 71.8 cm³/mol. The maximum Gasteiger partial charge on any atom is 0.0600 e. The van der Waals surface area contributed by atoms with Crippen molar-refractivity contribution >= 4 is 47.8 Å². The number of nitrogens with zero attached hydrogens (tertiary/aromatic N) is 1. The minimum Gasteiger partial charge on any atom is -0.397 e. The fourth-order valence-corrected chi connectivity index (χ4v) is 1.95. The highest BCUT2D eigenvalue weighted by atomic mass is 35.5. The van der Waals surface area contributed by atoms with Crippen LogP contribution >= 0.6 is 36.4 Å². The number of rotatable bonds is 1. The van der Waals surface area contributed by atoms with E-state index < -0.39 is 0 Å². The van der Waals surface area contributed by atoms with Gasteiger partial charge in [0.15, 0.2) is 0 Å². The SMILES string of the molecule is Cl.Cl.Nc1cc(Cl)ccc1N1CCCC1. The Morgan fingerprint density at radius 2 is 1.73 bits per heavy atom. The Morgan fingerprint density at radius 1 is 1.13 bits per heavy atom.